The van der Waals surface area contributed by atoms with Crippen LogP contribution >= 0.6 is 15.9 Å². The number of likely N-dealkylation sites (tertiary alicyclic amines) is 1. The van der Waals surface area contributed by atoms with E-state index >= 15 is 0 Å². The molecular formula is C27H32BrN3O2. The molecule has 1 aromatic heterocycles. The average Bonchev–Trinajstić information content (AvgIpc) is 3.19. The molecule has 1 saturated heterocycles. The fourth-order valence-corrected chi connectivity index (χ4v) is 4.74. The predicted octanol–water partition coefficient (Wildman–Crippen LogP) is 5.76. The van der Waals surface area contributed by atoms with Crippen LogP contribution in [0.2, 0.25) is 0 Å². The summed E-state index contributed by atoms with van der Waals surface area (Å²) in [6.07, 6.45) is 3.71. The minimum absolute atomic E-state index is 0.0936. The van der Waals surface area contributed by atoms with Crippen molar-refractivity contribution in [3.63, 3.8) is 0 Å². The van der Waals surface area contributed by atoms with Gasteiger partial charge in [0.05, 0.1) is 5.69 Å². The lowest BCUT2D eigenvalue weighted by Gasteiger charge is -2.31. The fourth-order valence-electron chi connectivity index (χ4n) is 4.35. The maximum absolute atomic E-state index is 12.8. The van der Waals surface area contributed by atoms with E-state index in [1.54, 1.807) is 0 Å². The van der Waals surface area contributed by atoms with Gasteiger partial charge in [-0.15, -0.1) is 0 Å². The van der Waals surface area contributed by atoms with Crippen LogP contribution in [0.4, 0.5) is 0 Å². The number of aryl methyl sites for hydroxylation is 2. The lowest BCUT2D eigenvalue weighted by atomic mass is 9.95. The molecule has 1 unspecified atom stereocenters. The van der Waals surface area contributed by atoms with Crippen LogP contribution in [0.5, 0.6) is 0 Å². The monoisotopic (exact) mass is 509 g/mol. The number of rotatable bonds is 8. The van der Waals surface area contributed by atoms with Crippen LogP contribution in [-0.4, -0.2) is 34.9 Å². The number of piperidine rings is 1. The highest BCUT2D eigenvalue weighted by Gasteiger charge is 2.26. The van der Waals surface area contributed by atoms with Crippen LogP contribution in [0.1, 0.15) is 43.2 Å². The Labute approximate surface area is 204 Å². The van der Waals surface area contributed by atoms with Gasteiger partial charge in [-0.05, 0) is 76.4 Å². The number of nitrogens with one attached hydrogen (secondary N) is 1. The normalized spacial score (nSPS) is 16.0. The maximum atomic E-state index is 12.8. The van der Waals surface area contributed by atoms with Crippen LogP contribution in [0.25, 0.3) is 11.5 Å². The van der Waals surface area contributed by atoms with Gasteiger partial charge in [-0.1, -0.05) is 52.3 Å². The second-order valence-corrected chi connectivity index (χ2v) is 9.93. The van der Waals surface area contributed by atoms with Gasteiger partial charge >= 0.3 is 0 Å². The van der Waals surface area contributed by atoms with Gasteiger partial charge in [0.25, 0.3) is 0 Å². The number of halogens is 1. The quantitative estimate of drug-likeness (QED) is 0.419. The Balaban J connectivity index is 1.24. The van der Waals surface area contributed by atoms with E-state index in [1.807, 2.05) is 37.3 Å². The lowest BCUT2D eigenvalue weighted by Crippen LogP contribution is -2.43. The summed E-state index contributed by atoms with van der Waals surface area (Å²) in [4.78, 5) is 19.9. The first-order valence-electron chi connectivity index (χ1n) is 11.8. The fraction of sp³-hybridized carbons (Fsp3) is 0.407. The number of benzene rings is 2. The Morgan fingerprint density at radius 1 is 1.18 bits per heavy atom. The van der Waals surface area contributed by atoms with Crippen molar-refractivity contribution in [1.82, 2.24) is 15.2 Å². The van der Waals surface area contributed by atoms with Crippen molar-refractivity contribution >= 4 is 21.8 Å². The summed E-state index contributed by atoms with van der Waals surface area (Å²) in [5.74, 6) is 1.81. The maximum Gasteiger partial charge on any atom is 0.226 e. The second-order valence-electron chi connectivity index (χ2n) is 9.02. The van der Waals surface area contributed by atoms with Crippen LogP contribution in [0.3, 0.4) is 0 Å². The summed E-state index contributed by atoms with van der Waals surface area (Å²) in [5, 5.41) is 3.23. The van der Waals surface area contributed by atoms with Gasteiger partial charge in [-0.25, -0.2) is 4.98 Å². The van der Waals surface area contributed by atoms with E-state index in [2.05, 4.69) is 57.3 Å². The van der Waals surface area contributed by atoms with E-state index in [0.29, 0.717) is 5.89 Å². The Morgan fingerprint density at radius 2 is 1.94 bits per heavy atom. The zero-order valence-corrected chi connectivity index (χ0v) is 21.0. The third kappa shape index (κ3) is 6.55. The third-order valence-electron chi connectivity index (χ3n) is 6.39. The first-order chi connectivity index (χ1) is 16.0. The summed E-state index contributed by atoms with van der Waals surface area (Å²) in [6, 6.07) is 18.6. The zero-order valence-electron chi connectivity index (χ0n) is 19.4. The predicted molar refractivity (Wildman–Crippen MR) is 135 cm³/mol. The number of aromatic nitrogens is 1. The van der Waals surface area contributed by atoms with E-state index in [9.17, 15) is 4.79 Å². The van der Waals surface area contributed by atoms with E-state index in [0.717, 1.165) is 66.8 Å². The van der Waals surface area contributed by atoms with Gasteiger partial charge in [0.15, 0.2) is 0 Å². The van der Waals surface area contributed by atoms with Gasteiger partial charge in [0.1, 0.15) is 5.76 Å². The molecule has 174 valence electrons. The molecule has 1 amide bonds. The van der Waals surface area contributed by atoms with Gasteiger partial charge in [0.2, 0.25) is 11.8 Å². The van der Waals surface area contributed by atoms with E-state index in [4.69, 9.17) is 9.40 Å². The molecular weight excluding hydrogens is 478 g/mol. The minimum Gasteiger partial charge on any atom is -0.441 e. The minimum atomic E-state index is 0.0936. The number of hydrogen-bond donors (Lipinski definition) is 1. The van der Waals surface area contributed by atoms with Crippen molar-refractivity contribution in [3.05, 3.63) is 76.1 Å². The summed E-state index contributed by atoms with van der Waals surface area (Å²) in [5.41, 5.74) is 3.26. The van der Waals surface area contributed by atoms with Crippen molar-refractivity contribution in [1.29, 1.82) is 0 Å². The molecule has 33 heavy (non-hydrogen) atoms. The summed E-state index contributed by atoms with van der Waals surface area (Å²) >= 11 is 3.51. The van der Waals surface area contributed by atoms with Crippen molar-refractivity contribution in [2.24, 2.45) is 5.92 Å². The number of oxazole rings is 1. The Bertz CT molecular complexity index is 1060. The topological polar surface area (TPSA) is 58.4 Å². The molecule has 5 nitrogen and oxygen atoms in total. The Morgan fingerprint density at radius 3 is 2.67 bits per heavy atom. The molecule has 6 heteroatoms. The molecule has 0 radical (unpaired) electrons. The largest absolute Gasteiger partial charge is 0.441 e. The van der Waals surface area contributed by atoms with Crippen LogP contribution in [-0.2, 0) is 17.8 Å². The van der Waals surface area contributed by atoms with Gasteiger partial charge in [0, 0.05) is 28.5 Å². The van der Waals surface area contributed by atoms with Crippen LogP contribution < -0.4 is 5.32 Å². The molecule has 1 atom stereocenters. The van der Waals surface area contributed by atoms with E-state index in [-0.39, 0.29) is 17.9 Å². The van der Waals surface area contributed by atoms with E-state index < -0.39 is 0 Å². The zero-order chi connectivity index (χ0) is 23.2. The SMILES string of the molecule is Cc1oc(-c2cccc(Br)c2)nc1CN1CCC(C(=O)NC(C)CCc2ccccc2)CC1. The smallest absolute Gasteiger partial charge is 0.226 e. The molecule has 1 aliphatic rings. The Hall–Kier alpha value is -2.44. The van der Waals surface area contributed by atoms with Crippen LogP contribution in [0.15, 0.2) is 63.5 Å². The molecule has 0 aliphatic carbocycles. The number of carbonyl (C=O) groups excluding carboxylic acids is 1. The third-order valence-corrected chi connectivity index (χ3v) is 6.89. The standard InChI is InChI=1S/C27H32BrN3O2/c1-19(11-12-21-7-4-3-5-8-21)29-26(32)22-13-15-31(16-14-22)18-25-20(2)33-27(30-25)23-9-6-10-24(28)17-23/h3-10,17,19,22H,11-16,18H2,1-2H3,(H,29,32). The molecule has 3 aromatic rings. The van der Waals surface area contributed by atoms with Gasteiger partial charge in [-0.3, -0.25) is 9.69 Å². The molecule has 4 rings (SSSR count). The lowest BCUT2D eigenvalue weighted by molar-refractivity contribution is -0.127. The van der Waals surface area contributed by atoms with E-state index in [1.165, 1.54) is 5.56 Å². The number of hydrogen-bond acceptors (Lipinski definition) is 4. The molecule has 1 N–H and O–H groups in total. The summed E-state index contributed by atoms with van der Waals surface area (Å²) < 4.78 is 6.94. The molecule has 0 bridgehead atoms. The molecule has 0 spiro atoms. The second kappa shape index (κ2) is 11.1. The summed E-state index contributed by atoms with van der Waals surface area (Å²) in [6.45, 7) is 6.63. The molecule has 2 heterocycles. The van der Waals surface area contributed by atoms with Crippen molar-refractivity contribution in [2.45, 2.75) is 52.1 Å². The summed E-state index contributed by atoms with van der Waals surface area (Å²) in [7, 11) is 0. The molecule has 2 aromatic carbocycles. The highest BCUT2D eigenvalue weighted by atomic mass is 79.9. The Kier molecular flexibility index (Phi) is 7.99. The van der Waals surface area contributed by atoms with Gasteiger partial charge in [-0.2, -0.15) is 0 Å². The van der Waals surface area contributed by atoms with Gasteiger partial charge < -0.3 is 9.73 Å². The number of carbonyl (C=O) groups is 1. The molecule has 1 aliphatic heterocycles. The molecule has 1 fully saturated rings. The first-order valence-corrected chi connectivity index (χ1v) is 12.6. The highest BCUT2D eigenvalue weighted by molar-refractivity contribution is 9.10. The first kappa shape index (κ1) is 23.7. The number of amides is 1. The number of nitrogens with zero attached hydrogens (tertiary/aromatic N) is 2. The van der Waals surface area contributed by atoms with Crippen molar-refractivity contribution in [2.75, 3.05) is 13.1 Å². The van der Waals surface area contributed by atoms with Crippen molar-refractivity contribution < 1.29 is 9.21 Å². The highest BCUT2D eigenvalue weighted by Crippen LogP contribution is 2.26. The van der Waals surface area contributed by atoms with Crippen LogP contribution in [0, 0.1) is 12.8 Å². The molecule has 0 saturated carbocycles. The average molecular weight is 510 g/mol. The van der Waals surface area contributed by atoms with Crippen molar-refractivity contribution in [3.8, 4) is 11.5 Å².